The first-order valence-corrected chi connectivity index (χ1v) is 14.8. The van der Waals surface area contributed by atoms with Crippen LogP contribution >= 0.6 is 0 Å². The Morgan fingerprint density at radius 1 is 0.273 bits per heavy atom. The molecule has 3 nitrogen and oxygen atoms in total. The van der Waals surface area contributed by atoms with Crippen LogP contribution in [0.2, 0.25) is 0 Å². The molecular weight excluding hydrogens is 534 g/mol. The van der Waals surface area contributed by atoms with E-state index in [1.54, 1.807) is 0 Å². The number of hydrogen-bond acceptors (Lipinski definition) is 3. The Kier molecular flexibility index (Phi) is 6.47. The molecule has 1 heterocycles. The van der Waals surface area contributed by atoms with Crippen LogP contribution in [-0.2, 0) is 0 Å². The zero-order valence-corrected chi connectivity index (χ0v) is 23.9. The second-order valence-corrected chi connectivity index (χ2v) is 10.9. The van der Waals surface area contributed by atoms with Crippen LogP contribution < -0.4 is 0 Å². The lowest BCUT2D eigenvalue weighted by molar-refractivity contribution is 1.08. The fraction of sp³-hybridized carbons (Fsp3) is 0. The Balaban J connectivity index is 1.33. The molecule has 0 atom stereocenters. The molecule has 1 aromatic heterocycles. The van der Waals surface area contributed by atoms with Crippen LogP contribution in [0.15, 0.2) is 164 Å². The highest BCUT2D eigenvalue weighted by Gasteiger charge is 2.16. The predicted molar refractivity (Wildman–Crippen MR) is 182 cm³/mol. The van der Waals surface area contributed by atoms with Gasteiger partial charge < -0.3 is 0 Å². The lowest BCUT2D eigenvalue weighted by atomic mass is 9.92. The molecular formula is C41H27N3. The molecule has 206 valence electrons. The van der Waals surface area contributed by atoms with E-state index in [9.17, 15) is 0 Å². The molecule has 7 aromatic carbocycles. The van der Waals surface area contributed by atoms with E-state index in [-0.39, 0.29) is 0 Å². The topological polar surface area (TPSA) is 38.7 Å². The van der Waals surface area contributed by atoms with Gasteiger partial charge in [-0.25, -0.2) is 15.0 Å². The van der Waals surface area contributed by atoms with Crippen LogP contribution in [0.25, 0.3) is 78.0 Å². The third-order valence-corrected chi connectivity index (χ3v) is 8.14. The van der Waals surface area contributed by atoms with Crippen molar-refractivity contribution in [2.75, 3.05) is 0 Å². The average molecular weight is 562 g/mol. The van der Waals surface area contributed by atoms with Crippen molar-refractivity contribution in [3.63, 3.8) is 0 Å². The van der Waals surface area contributed by atoms with Gasteiger partial charge in [-0.3, -0.25) is 0 Å². The largest absolute Gasteiger partial charge is 0.208 e. The normalized spacial score (nSPS) is 11.2. The minimum absolute atomic E-state index is 0.647. The number of nitrogens with zero attached hydrogens (tertiary/aromatic N) is 3. The van der Waals surface area contributed by atoms with Crippen LogP contribution in [0.1, 0.15) is 0 Å². The van der Waals surface area contributed by atoms with E-state index in [4.69, 9.17) is 15.0 Å². The van der Waals surface area contributed by atoms with Gasteiger partial charge in [0.2, 0.25) is 0 Å². The van der Waals surface area contributed by atoms with Crippen LogP contribution in [0, 0.1) is 0 Å². The second-order valence-electron chi connectivity index (χ2n) is 10.9. The van der Waals surface area contributed by atoms with Gasteiger partial charge in [-0.15, -0.1) is 0 Å². The molecule has 0 aliphatic carbocycles. The first-order chi connectivity index (χ1) is 21.8. The summed E-state index contributed by atoms with van der Waals surface area (Å²) in [7, 11) is 0. The number of aromatic nitrogens is 3. The average Bonchev–Trinajstić information content (AvgIpc) is 3.11. The minimum Gasteiger partial charge on any atom is -0.208 e. The predicted octanol–water partition coefficient (Wildman–Crippen LogP) is 10.5. The van der Waals surface area contributed by atoms with Gasteiger partial charge in [-0.2, -0.15) is 0 Å². The Morgan fingerprint density at radius 2 is 0.727 bits per heavy atom. The monoisotopic (exact) mass is 561 g/mol. The molecule has 0 unspecified atom stereocenters. The molecule has 0 radical (unpaired) electrons. The zero-order chi connectivity index (χ0) is 29.3. The molecule has 0 fully saturated rings. The Bertz CT molecular complexity index is 2270. The molecule has 0 amide bonds. The van der Waals surface area contributed by atoms with E-state index in [0.29, 0.717) is 17.5 Å². The third-order valence-electron chi connectivity index (χ3n) is 8.14. The van der Waals surface area contributed by atoms with Crippen molar-refractivity contribution >= 4 is 21.5 Å². The Hall–Kier alpha value is -5.93. The number of benzene rings is 7. The highest BCUT2D eigenvalue weighted by Crippen LogP contribution is 2.37. The Morgan fingerprint density at radius 3 is 1.50 bits per heavy atom. The van der Waals surface area contributed by atoms with Crippen LogP contribution in [0.4, 0.5) is 0 Å². The van der Waals surface area contributed by atoms with Gasteiger partial charge in [0.15, 0.2) is 17.5 Å². The van der Waals surface area contributed by atoms with E-state index < -0.39 is 0 Å². The van der Waals surface area contributed by atoms with Crippen molar-refractivity contribution in [2.45, 2.75) is 0 Å². The second kappa shape index (κ2) is 11.0. The lowest BCUT2D eigenvalue weighted by Crippen LogP contribution is -2.00. The summed E-state index contributed by atoms with van der Waals surface area (Å²) >= 11 is 0. The van der Waals surface area contributed by atoms with E-state index >= 15 is 0 Å². The van der Waals surface area contributed by atoms with E-state index in [0.717, 1.165) is 38.6 Å². The number of rotatable bonds is 5. The number of hydrogen-bond donors (Lipinski definition) is 0. The summed E-state index contributed by atoms with van der Waals surface area (Å²) in [5.74, 6) is 1.95. The van der Waals surface area contributed by atoms with Gasteiger partial charge in [0.25, 0.3) is 0 Å². The molecule has 0 saturated carbocycles. The fourth-order valence-electron chi connectivity index (χ4n) is 6.01. The Labute approximate surface area is 256 Å². The summed E-state index contributed by atoms with van der Waals surface area (Å²) in [6.07, 6.45) is 0. The summed E-state index contributed by atoms with van der Waals surface area (Å²) in [4.78, 5) is 15.2. The quantitative estimate of drug-likeness (QED) is 0.210. The molecule has 0 spiro atoms. The summed E-state index contributed by atoms with van der Waals surface area (Å²) in [5, 5.41) is 4.73. The first kappa shape index (κ1) is 25.8. The standard InChI is InChI=1S/C41H27N3/c1-3-13-28(14-4-1)31-19-9-20-32(27-31)40-42-39(30-16-5-2-6-17-30)43-41(44-40)38-26-12-24-36-35(23-11-25-37(36)38)34-22-10-18-29-15-7-8-21-33(29)34/h1-27H. The van der Waals surface area contributed by atoms with Crippen molar-refractivity contribution in [1.29, 1.82) is 0 Å². The van der Waals surface area contributed by atoms with Crippen molar-refractivity contribution in [1.82, 2.24) is 15.0 Å². The molecule has 0 saturated heterocycles. The fourth-order valence-corrected chi connectivity index (χ4v) is 6.01. The first-order valence-electron chi connectivity index (χ1n) is 14.8. The summed E-state index contributed by atoms with van der Waals surface area (Å²) in [6.45, 7) is 0. The lowest BCUT2D eigenvalue weighted by Gasteiger charge is -2.14. The molecule has 0 N–H and O–H groups in total. The smallest absolute Gasteiger partial charge is 0.164 e. The number of fused-ring (bicyclic) bond motifs is 2. The maximum atomic E-state index is 5.11. The van der Waals surface area contributed by atoms with Gasteiger partial charge in [-0.05, 0) is 49.9 Å². The van der Waals surface area contributed by atoms with Crippen LogP contribution in [0.5, 0.6) is 0 Å². The van der Waals surface area contributed by atoms with E-state index in [1.165, 1.54) is 21.9 Å². The molecule has 0 aliphatic rings. The van der Waals surface area contributed by atoms with Gasteiger partial charge in [0, 0.05) is 16.7 Å². The van der Waals surface area contributed by atoms with Crippen LogP contribution in [0.3, 0.4) is 0 Å². The van der Waals surface area contributed by atoms with Gasteiger partial charge in [0.1, 0.15) is 0 Å². The van der Waals surface area contributed by atoms with Crippen molar-refractivity contribution in [3.05, 3.63) is 164 Å². The molecule has 44 heavy (non-hydrogen) atoms. The summed E-state index contributed by atoms with van der Waals surface area (Å²) in [5.41, 5.74) is 7.55. The maximum absolute atomic E-state index is 5.11. The summed E-state index contributed by atoms with van der Waals surface area (Å²) < 4.78 is 0. The van der Waals surface area contributed by atoms with Gasteiger partial charge >= 0.3 is 0 Å². The van der Waals surface area contributed by atoms with Crippen LogP contribution in [-0.4, -0.2) is 15.0 Å². The van der Waals surface area contributed by atoms with E-state index in [1.807, 2.05) is 36.4 Å². The molecule has 3 heteroatoms. The maximum Gasteiger partial charge on any atom is 0.164 e. The van der Waals surface area contributed by atoms with Gasteiger partial charge in [0.05, 0.1) is 0 Å². The highest BCUT2D eigenvalue weighted by molar-refractivity contribution is 6.08. The van der Waals surface area contributed by atoms with Gasteiger partial charge in [-0.1, -0.05) is 158 Å². The molecule has 0 bridgehead atoms. The van der Waals surface area contributed by atoms with Crippen molar-refractivity contribution in [2.24, 2.45) is 0 Å². The van der Waals surface area contributed by atoms with Crippen molar-refractivity contribution in [3.8, 4) is 56.4 Å². The summed E-state index contributed by atoms with van der Waals surface area (Å²) in [6, 6.07) is 56.9. The highest BCUT2D eigenvalue weighted by atomic mass is 15.0. The molecule has 8 rings (SSSR count). The third kappa shape index (κ3) is 4.71. The van der Waals surface area contributed by atoms with Crippen molar-refractivity contribution < 1.29 is 0 Å². The zero-order valence-electron chi connectivity index (χ0n) is 23.9. The van der Waals surface area contributed by atoms with E-state index in [2.05, 4.69) is 127 Å². The molecule has 0 aliphatic heterocycles. The minimum atomic E-state index is 0.647. The SMILES string of the molecule is c1ccc(-c2cccc(-c3nc(-c4ccccc4)nc(-c4cccc5c(-c6cccc7ccccc67)cccc45)n3)c2)cc1. The molecule has 8 aromatic rings.